The van der Waals surface area contributed by atoms with Gasteiger partial charge in [-0.05, 0) is 61.7 Å². The molecule has 2 aromatic carbocycles. The molecule has 3 rings (SSSR count). The molecule has 0 unspecified atom stereocenters. The van der Waals surface area contributed by atoms with Crippen molar-refractivity contribution < 1.29 is 22.3 Å². The van der Waals surface area contributed by atoms with Crippen LogP contribution in [0, 0.1) is 18.7 Å². The zero-order valence-electron chi connectivity index (χ0n) is 15.8. The van der Waals surface area contributed by atoms with Crippen LogP contribution in [0.2, 0.25) is 0 Å². The van der Waals surface area contributed by atoms with Crippen molar-refractivity contribution in [2.75, 3.05) is 25.5 Å². The lowest BCUT2D eigenvalue weighted by molar-refractivity contribution is -0.120. The Bertz CT molecular complexity index is 953. The number of sulfonamides is 1. The van der Waals surface area contributed by atoms with Crippen molar-refractivity contribution in [1.82, 2.24) is 4.31 Å². The van der Waals surface area contributed by atoms with Crippen LogP contribution in [0.1, 0.15) is 18.4 Å². The van der Waals surface area contributed by atoms with E-state index in [4.69, 9.17) is 4.74 Å². The number of anilines is 1. The molecule has 1 amide bonds. The van der Waals surface area contributed by atoms with E-state index in [9.17, 15) is 17.6 Å². The maximum Gasteiger partial charge on any atom is 0.246 e. The number of carbonyl (C=O) groups excluding carboxylic acids is 1. The maximum absolute atomic E-state index is 13.0. The Labute approximate surface area is 164 Å². The number of amides is 1. The molecule has 0 atom stereocenters. The average molecular weight is 406 g/mol. The smallest absolute Gasteiger partial charge is 0.246 e. The van der Waals surface area contributed by atoms with Gasteiger partial charge >= 0.3 is 0 Å². The summed E-state index contributed by atoms with van der Waals surface area (Å²) in [6.07, 6.45) is 0.834. The van der Waals surface area contributed by atoms with Crippen molar-refractivity contribution in [2.45, 2.75) is 24.7 Å². The number of hydrogen-bond acceptors (Lipinski definition) is 4. The number of hydrogen-bond donors (Lipinski definition) is 1. The fraction of sp³-hybridized carbons (Fsp3) is 0.350. The SMILES string of the molecule is COc1ccc(C)cc1S(=O)(=O)N1CCC(C(=O)Nc2ccc(F)cc2)CC1. The van der Waals surface area contributed by atoms with Crippen LogP contribution >= 0.6 is 0 Å². The largest absolute Gasteiger partial charge is 0.495 e. The van der Waals surface area contributed by atoms with Crippen molar-refractivity contribution in [3.8, 4) is 5.75 Å². The highest BCUT2D eigenvalue weighted by molar-refractivity contribution is 7.89. The second-order valence-electron chi connectivity index (χ2n) is 6.83. The lowest BCUT2D eigenvalue weighted by Gasteiger charge is -2.31. The van der Waals surface area contributed by atoms with E-state index in [0.717, 1.165) is 5.56 Å². The number of benzene rings is 2. The van der Waals surface area contributed by atoms with E-state index >= 15 is 0 Å². The highest BCUT2D eigenvalue weighted by atomic mass is 32.2. The van der Waals surface area contributed by atoms with Gasteiger partial charge in [-0.1, -0.05) is 6.07 Å². The Morgan fingerprint density at radius 2 is 1.79 bits per heavy atom. The Morgan fingerprint density at radius 3 is 2.39 bits per heavy atom. The average Bonchev–Trinajstić information content (AvgIpc) is 2.69. The number of piperidine rings is 1. The first kappa shape index (κ1) is 20.3. The van der Waals surface area contributed by atoms with E-state index in [-0.39, 0.29) is 35.6 Å². The van der Waals surface area contributed by atoms with Crippen molar-refractivity contribution in [1.29, 1.82) is 0 Å². The van der Waals surface area contributed by atoms with Crippen LogP contribution in [0.25, 0.3) is 0 Å². The third-order valence-electron chi connectivity index (χ3n) is 4.87. The van der Waals surface area contributed by atoms with E-state index in [0.29, 0.717) is 24.3 Å². The zero-order chi connectivity index (χ0) is 20.3. The van der Waals surface area contributed by atoms with Crippen LogP contribution in [0.5, 0.6) is 5.75 Å². The van der Waals surface area contributed by atoms with Crippen molar-refractivity contribution in [2.24, 2.45) is 5.92 Å². The van der Waals surface area contributed by atoms with Crippen molar-refractivity contribution in [3.05, 3.63) is 53.8 Å². The number of nitrogens with zero attached hydrogens (tertiary/aromatic N) is 1. The summed E-state index contributed by atoms with van der Waals surface area (Å²) in [6, 6.07) is 10.6. The van der Waals surface area contributed by atoms with E-state index in [1.165, 1.54) is 35.7 Å². The topological polar surface area (TPSA) is 75.7 Å². The predicted octanol–water partition coefficient (Wildman–Crippen LogP) is 3.18. The fourth-order valence-electron chi connectivity index (χ4n) is 3.26. The highest BCUT2D eigenvalue weighted by Gasteiger charge is 2.33. The van der Waals surface area contributed by atoms with Gasteiger partial charge in [0.05, 0.1) is 7.11 Å². The summed E-state index contributed by atoms with van der Waals surface area (Å²) in [5, 5.41) is 2.76. The van der Waals surface area contributed by atoms with Crippen LogP contribution in [-0.4, -0.2) is 38.8 Å². The van der Waals surface area contributed by atoms with Crippen LogP contribution in [-0.2, 0) is 14.8 Å². The van der Waals surface area contributed by atoms with Crippen LogP contribution in [0.4, 0.5) is 10.1 Å². The highest BCUT2D eigenvalue weighted by Crippen LogP contribution is 2.30. The van der Waals surface area contributed by atoms with E-state index in [1.807, 2.05) is 6.92 Å². The van der Waals surface area contributed by atoms with Gasteiger partial charge in [-0.25, -0.2) is 12.8 Å². The summed E-state index contributed by atoms with van der Waals surface area (Å²) in [6.45, 7) is 2.33. The molecule has 1 fully saturated rings. The minimum absolute atomic E-state index is 0.143. The van der Waals surface area contributed by atoms with E-state index in [1.54, 1.807) is 18.2 Å². The number of ether oxygens (including phenoxy) is 1. The molecule has 0 radical (unpaired) electrons. The molecule has 28 heavy (non-hydrogen) atoms. The molecule has 0 saturated carbocycles. The van der Waals surface area contributed by atoms with Gasteiger partial charge in [0.25, 0.3) is 0 Å². The number of carbonyl (C=O) groups is 1. The lowest BCUT2D eigenvalue weighted by atomic mass is 9.97. The number of rotatable bonds is 5. The van der Waals surface area contributed by atoms with Crippen molar-refractivity contribution in [3.63, 3.8) is 0 Å². The maximum atomic E-state index is 13.0. The Balaban J connectivity index is 1.67. The Morgan fingerprint density at radius 1 is 1.14 bits per heavy atom. The number of methoxy groups -OCH3 is 1. The van der Waals surface area contributed by atoms with E-state index in [2.05, 4.69) is 5.32 Å². The lowest BCUT2D eigenvalue weighted by Crippen LogP contribution is -2.41. The van der Waals surface area contributed by atoms with Gasteiger partial charge in [0.15, 0.2) is 0 Å². The molecule has 8 heteroatoms. The molecule has 0 spiro atoms. The summed E-state index contributed by atoms with van der Waals surface area (Å²) >= 11 is 0. The normalized spacial score (nSPS) is 16.0. The summed E-state index contributed by atoms with van der Waals surface area (Å²) in [5.74, 6) is -0.544. The molecule has 1 aliphatic rings. The number of aryl methyl sites for hydroxylation is 1. The molecule has 1 saturated heterocycles. The standard InChI is InChI=1S/C20H23FN2O4S/c1-14-3-8-18(27-2)19(13-14)28(25,26)23-11-9-15(10-12-23)20(24)22-17-6-4-16(21)5-7-17/h3-8,13,15H,9-12H2,1-2H3,(H,22,24). The van der Waals surface area contributed by atoms with E-state index < -0.39 is 10.0 Å². The van der Waals surface area contributed by atoms with Crippen molar-refractivity contribution >= 4 is 21.6 Å². The molecule has 1 heterocycles. The van der Waals surface area contributed by atoms with Crippen LogP contribution in [0.3, 0.4) is 0 Å². The van der Waals surface area contributed by atoms with Crippen LogP contribution in [0.15, 0.2) is 47.4 Å². The van der Waals surface area contributed by atoms with Gasteiger partial charge in [0.1, 0.15) is 16.5 Å². The van der Waals surface area contributed by atoms with Gasteiger partial charge in [-0.15, -0.1) is 0 Å². The second-order valence-corrected chi connectivity index (χ2v) is 8.74. The third kappa shape index (κ3) is 4.34. The molecule has 1 aliphatic heterocycles. The van der Waals surface area contributed by atoms with Gasteiger partial charge in [0.2, 0.25) is 15.9 Å². The van der Waals surface area contributed by atoms with Gasteiger partial charge in [-0.2, -0.15) is 4.31 Å². The monoisotopic (exact) mass is 406 g/mol. The first-order valence-electron chi connectivity index (χ1n) is 9.02. The molecule has 0 aromatic heterocycles. The summed E-state index contributed by atoms with van der Waals surface area (Å²) in [5.41, 5.74) is 1.35. The third-order valence-corrected chi connectivity index (χ3v) is 6.79. The molecule has 1 N–H and O–H groups in total. The Hall–Kier alpha value is -2.45. The van der Waals surface area contributed by atoms with Gasteiger partial charge in [-0.3, -0.25) is 4.79 Å². The molecule has 2 aromatic rings. The number of halogens is 1. The van der Waals surface area contributed by atoms with Gasteiger partial charge in [0, 0.05) is 24.7 Å². The molecular formula is C20H23FN2O4S. The number of nitrogens with one attached hydrogen (secondary N) is 1. The Kier molecular flexibility index (Phi) is 6.00. The predicted molar refractivity (Wildman–Crippen MR) is 104 cm³/mol. The summed E-state index contributed by atoms with van der Waals surface area (Å²) in [4.78, 5) is 12.6. The quantitative estimate of drug-likeness (QED) is 0.828. The molecule has 0 bridgehead atoms. The zero-order valence-corrected chi connectivity index (χ0v) is 16.6. The molecular weight excluding hydrogens is 383 g/mol. The minimum Gasteiger partial charge on any atom is -0.495 e. The summed E-state index contributed by atoms with van der Waals surface area (Å²) in [7, 11) is -2.26. The minimum atomic E-state index is -3.71. The van der Waals surface area contributed by atoms with Gasteiger partial charge < -0.3 is 10.1 Å². The first-order valence-corrected chi connectivity index (χ1v) is 10.5. The first-order chi connectivity index (χ1) is 13.3. The molecule has 6 nitrogen and oxygen atoms in total. The second kappa shape index (κ2) is 8.28. The van der Waals surface area contributed by atoms with Crippen LogP contribution < -0.4 is 10.1 Å². The fourth-order valence-corrected chi connectivity index (χ4v) is 4.97. The molecule has 150 valence electrons. The molecule has 0 aliphatic carbocycles. The summed E-state index contributed by atoms with van der Waals surface area (Å²) < 4.78 is 45.6.